The first-order valence-corrected chi connectivity index (χ1v) is 11.6. The van der Waals surface area contributed by atoms with Crippen LogP contribution >= 0.6 is 0 Å². The molecule has 0 aromatic heterocycles. The maximum atomic E-state index is 13.1. The quantitative estimate of drug-likeness (QED) is 0.231. The predicted octanol–water partition coefficient (Wildman–Crippen LogP) is 6.14. The number of nitro groups is 1. The van der Waals surface area contributed by atoms with E-state index in [0.717, 1.165) is 35.2 Å². The molecule has 6 heteroatoms. The zero-order valence-corrected chi connectivity index (χ0v) is 20.3. The van der Waals surface area contributed by atoms with E-state index in [1.807, 2.05) is 25.2 Å². The minimum atomic E-state index is -0.415. The number of nitro benzene ring substituents is 1. The lowest BCUT2D eigenvalue weighted by Crippen LogP contribution is -2.26. The van der Waals surface area contributed by atoms with Crippen LogP contribution in [0.2, 0.25) is 0 Å². The molecule has 0 N–H and O–H groups in total. The molecule has 4 rings (SSSR count). The van der Waals surface area contributed by atoms with Gasteiger partial charge < -0.3 is 9.80 Å². The van der Waals surface area contributed by atoms with Crippen molar-refractivity contribution in [1.29, 1.82) is 0 Å². The number of rotatable bonds is 8. The number of hydrogen-bond acceptors (Lipinski definition) is 4. The van der Waals surface area contributed by atoms with Crippen molar-refractivity contribution in [3.63, 3.8) is 0 Å². The van der Waals surface area contributed by atoms with Crippen LogP contribution in [0.15, 0.2) is 84.9 Å². The van der Waals surface area contributed by atoms with Gasteiger partial charge in [-0.1, -0.05) is 49.4 Å². The monoisotopic (exact) mass is 467 g/mol. The molecule has 0 aliphatic heterocycles. The lowest BCUT2D eigenvalue weighted by atomic mass is 10.0. The summed E-state index contributed by atoms with van der Waals surface area (Å²) in [4.78, 5) is 27.6. The van der Waals surface area contributed by atoms with Crippen LogP contribution in [0, 0.1) is 10.1 Å². The fourth-order valence-electron chi connectivity index (χ4n) is 4.19. The van der Waals surface area contributed by atoms with Crippen LogP contribution in [-0.4, -0.2) is 41.3 Å². The second-order valence-corrected chi connectivity index (χ2v) is 8.85. The highest BCUT2D eigenvalue weighted by molar-refractivity contribution is 5.95. The molecule has 0 heterocycles. The second-order valence-electron chi connectivity index (χ2n) is 8.85. The van der Waals surface area contributed by atoms with Gasteiger partial charge in [-0.2, -0.15) is 0 Å². The summed E-state index contributed by atoms with van der Waals surface area (Å²) < 4.78 is 0. The lowest BCUT2D eigenvalue weighted by molar-refractivity contribution is -0.384. The second kappa shape index (κ2) is 10.5. The summed E-state index contributed by atoms with van der Waals surface area (Å²) in [5.41, 5.74) is 4.80. The van der Waals surface area contributed by atoms with E-state index < -0.39 is 4.92 Å². The normalized spacial score (nSPS) is 11.1. The maximum Gasteiger partial charge on any atom is 0.269 e. The number of amides is 1. The molecule has 0 aliphatic rings. The Morgan fingerprint density at radius 2 is 1.51 bits per heavy atom. The van der Waals surface area contributed by atoms with Crippen LogP contribution < -0.4 is 0 Å². The molecule has 4 aromatic carbocycles. The predicted molar refractivity (Wildman–Crippen MR) is 140 cm³/mol. The van der Waals surface area contributed by atoms with Gasteiger partial charge in [-0.25, -0.2) is 0 Å². The minimum absolute atomic E-state index is 0.0557. The van der Waals surface area contributed by atoms with Gasteiger partial charge in [0, 0.05) is 37.8 Å². The lowest BCUT2D eigenvalue weighted by Gasteiger charge is -2.19. The van der Waals surface area contributed by atoms with Gasteiger partial charge in [-0.3, -0.25) is 14.9 Å². The van der Waals surface area contributed by atoms with E-state index in [9.17, 15) is 14.9 Å². The summed E-state index contributed by atoms with van der Waals surface area (Å²) in [5, 5.41) is 13.2. The highest BCUT2D eigenvalue weighted by Gasteiger charge is 2.14. The van der Waals surface area contributed by atoms with Crippen molar-refractivity contribution in [2.24, 2.45) is 0 Å². The van der Waals surface area contributed by atoms with E-state index >= 15 is 0 Å². The van der Waals surface area contributed by atoms with Gasteiger partial charge in [0.25, 0.3) is 11.6 Å². The molecule has 0 fully saturated rings. The number of fused-ring (bicyclic) bond motifs is 1. The molecule has 0 bridgehead atoms. The molecule has 0 spiro atoms. The van der Waals surface area contributed by atoms with Gasteiger partial charge in [0.15, 0.2) is 0 Å². The van der Waals surface area contributed by atoms with Gasteiger partial charge in [0.05, 0.1) is 4.92 Å². The van der Waals surface area contributed by atoms with Crippen LogP contribution in [0.25, 0.3) is 21.9 Å². The maximum absolute atomic E-state index is 13.1. The van der Waals surface area contributed by atoms with Crippen LogP contribution in [-0.2, 0) is 13.1 Å². The third-order valence-corrected chi connectivity index (χ3v) is 6.32. The summed E-state index contributed by atoms with van der Waals surface area (Å²) in [6.07, 6.45) is 0. The Bertz CT molecular complexity index is 1350. The van der Waals surface area contributed by atoms with E-state index in [2.05, 4.69) is 49.2 Å². The highest BCUT2D eigenvalue weighted by Crippen LogP contribution is 2.25. The Morgan fingerprint density at radius 1 is 0.857 bits per heavy atom. The molecule has 0 unspecified atom stereocenters. The summed E-state index contributed by atoms with van der Waals surface area (Å²) in [5.74, 6) is -0.0570. The molecule has 0 radical (unpaired) electrons. The van der Waals surface area contributed by atoms with Crippen molar-refractivity contribution in [3.8, 4) is 11.1 Å². The van der Waals surface area contributed by atoms with Crippen molar-refractivity contribution >= 4 is 22.4 Å². The third-order valence-electron chi connectivity index (χ3n) is 6.32. The van der Waals surface area contributed by atoms with E-state index in [1.165, 1.54) is 23.1 Å². The van der Waals surface area contributed by atoms with Gasteiger partial charge in [0.2, 0.25) is 0 Å². The average Bonchev–Trinajstić information content (AvgIpc) is 2.88. The first-order valence-electron chi connectivity index (χ1n) is 11.6. The molecule has 1 amide bonds. The molecule has 0 atom stereocenters. The molecule has 35 heavy (non-hydrogen) atoms. The first kappa shape index (κ1) is 24.1. The molecule has 0 saturated heterocycles. The van der Waals surface area contributed by atoms with Crippen molar-refractivity contribution in [2.45, 2.75) is 20.0 Å². The SMILES string of the molecule is CCN(C)Cc1ccc2c(CN(C)C(=O)c3ccc(-c4ccc([N+](=O)[O-])cc4)cc3)cccc2c1. The average molecular weight is 468 g/mol. The number of non-ortho nitro benzene ring substituents is 1. The van der Waals surface area contributed by atoms with Crippen molar-refractivity contribution in [2.75, 3.05) is 20.6 Å². The van der Waals surface area contributed by atoms with Crippen molar-refractivity contribution in [3.05, 3.63) is 112 Å². The zero-order valence-electron chi connectivity index (χ0n) is 20.3. The topological polar surface area (TPSA) is 66.7 Å². The van der Waals surface area contributed by atoms with Crippen LogP contribution in [0.1, 0.15) is 28.4 Å². The summed E-state index contributed by atoms with van der Waals surface area (Å²) >= 11 is 0. The first-order chi connectivity index (χ1) is 16.9. The zero-order chi connectivity index (χ0) is 24.9. The molecule has 0 saturated carbocycles. The smallest absolute Gasteiger partial charge is 0.269 e. The number of carbonyl (C=O) groups excluding carboxylic acids is 1. The number of hydrogen-bond donors (Lipinski definition) is 0. The molecular weight excluding hydrogens is 438 g/mol. The van der Waals surface area contributed by atoms with E-state index in [0.29, 0.717) is 12.1 Å². The van der Waals surface area contributed by atoms with Gasteiger partial charge >= 0.3 is 0 Å². The number of benzene rings is 4. The number of nitrogens with zero attached hydrogens (tertiary/aromatic N) is 3. The largest absolute Gasteiger partial charge is 0.337 e. The highest BCUT2D eigenvalue weighted by atomic mass is 16.6. The van der Waals surface area contributed by atoms with Gasteiger partial charge in [0.1, 0.15) is 0 Å². The Hall–Kier alpha value is -4.03. The fourth-order valence-corrected chi connectivity index (χ4v) is 4.19. The molecule has 4 aromatic rings. The van der Waals surface area contributed by atoms with E-state index in [4.69, 9.17) is 0 Å². The van der Waals surface area contributed by atoms with Crippen molar-refractivity contribution in [1.82, 2.24) is 9.80 Å². The van der Waals surface area contributed by atoms with E-state index in [1.54, 1.807) is 29.2 Å². The van der Waals surface area contributed by atoms with Crippen LogP contribution in [0.5, 0.6) is 0 Å². The van der Waals surface area contributed by atoms with Crippen LogP contribution in [0.3, 0.4) is 0 Å². The molecular formula is C29H29N3O3. The Labute approximate surface area is 205 Å². The standard InChI is InChI=1S/C29H29N3O3/c1-4-30(2)19-21-8-17-28-25(18-21)6-5-7-26(28)20-31(3)29(33)24-11-9-22(10-12-24)23-13-15-27(16-14-23)32(34)35/h5-18H,4,19-20H2,1-3H3. The molecule has 178 valence electrons. The summed E-state index contributed by atoms with van der Waals surface area (Å²) in [6.45, 7) is 4.56. The van der Waals surface area contributed by atoms with Gasteiger partial charge in [-0.05, 0) is 77.0 Å². The third kappa shape index (κ3) is 5.55. The summed E-state index contributed by atoms with van der Waals surface area (Å²) in [6, 6.07) is 26.5. The Balaban J connectivity index is 1.48. The Kier molecular flexibility index (Phi) is 7.22. The van der Waals surface area contributed by atoms with Crippen LogP contribution in [0.4, 0.5) is 5.69 Å². The van der Waals surface area contributed by atoms with E-state index in [-0.39, 0.29) is 11.6 Å². The van der Waals surface area contributed by atoms with Crippen molar-refractivity contribution < 1.29 is 9.72 Å². The molecule has 6 nitrogen and oxygen atoms in total. The minimum Gasteiger partial charge on any atom is -0.337 e. The summed E-state index contributed by atoms with van der Waals surface area (Å²) in [7, 11) is 3.93. The fraction of sp³-hybridized carbons (Fsp3) is 0.207. The Morgan fingerprint density at radius 3 is 2.14 bits per heavy atom. The molecule has 0 aliphatic carbocycles. The number of carbonyl (C=O) groups is 1. The van der Waals surface area contributed by atoms with Gasteiger partial charge in [-0.15, -0.1) is 0 Å².